The standard InChI is InChI=1S/C24H22N2O3/c1-16-6-8-18(9-7-16)15-26-21-13-20(10-11-22(21)29-24(26)28)23(27)25-14-19-5-3-4-17(2)12-19/h3-13H,14-15H2,1-2H3,(H,25,27). The molecule has 1 amide bonds. The largest absolute Gasteiger partial charge is 0.420 e. The van der Waals surface area contributed by atoms with E-state index in [-0.39, 0.29) is 5.91 Å². The van der Waals surface area contributed by atoms with E-state index in [1.54, 1.807) is 22.8 Å². The number of oxazole rings is 1. The number of aryl methyl sites for hydroxylation is 2. The Hall–Kier alpha value is -3.60. The van der Waals surface area contributed by atoms with Crippen molar-refractivity contribution in [2.24, 2.45) is 0 Å². The molecule has 0 aliphatic rings. The molecule has 0 unspecified atom stereocenters. The number of fused-ring (bicyclic) bond motifs is 1. The molecular weight excluding hydrogens is 364 g/mol. The number of amides is 1. The normalized spacial score (nSPS) is 11.0. The zero-order valence-corrected chi connectivity index (χ0v) is 16.4. The lowest BCUT2D eigenvalue weighted by Gasteiger charge is -2.07. The number of hydrogen-bond acceptors (Lipinski definition) is 3. The summed E-state index contributed by atoms with van der Waals surface area (Å²) in [4.78, 5) is 25.0. The van der Waals surface area contributed by atoms with E-state index >= 15 is 0 Å². The van der Waals surface area contributed by atoms with Crippen molar-refractivity contribution >= 4 is 17.0 Å². The molecule has 4 rings (SSSR count). The van der Waals surface area contributed by atoms with Crippen LogP contribution < -0.4 is 11.1 Å². The molecule has 0 spiro atoms. The minimum Gasteiger partial charge on any atom is -0.408 e. The SMILES string of the molecule is Cc1ccc(Cn2c(=O)oc3ccc(C(=O)NCc4cccc(C)c4)cc32)cc1. The van der Waals surface area contributed by atoms with E-state index in [1.165, 1.54) is 0 Å². The van der Waals surface area contributed by atoms with Crippen LogP contribution in [0.25, 0.3) is 11.1 Å². The molecule has 29 heavy (non-hydrogen) atoms. The molecule has 5 nitrogen and oxygen atoms in total. The maximum atomic E-state index is 12.6. The zero-order chi connectivity index (χ0) is 20.4. The number of rotatable bonds is 5. The van der Waals surface area contributed by atoms with E-state index in [0.29, 0.717) is 29.8 Å². The molecule has 0 atom stereocenters. The lowest BCUT2D eigenvalue weighted by atomic mass is 10.1. The van der Waals surface area contributed by atoms with E-state index < -0.39 is 5.76 Å². The molecular formula is C24H22N2O3. The molecule has 1 N–H and O–H groups in total. The number of hydrogen-bond donors (Lipinski definition) is 1. The Labute approximate surface area is 168 Å². The first kappa shape index (κ1) is 18.7. The molecule has 0 saturated heterocycles. The Morgan fingerprint density at radius 3 is 2.48 bits per heavy atom. The van der Waals surface area contributed by atoms with E-state index in [9.17, 15) is 9.59 Å². The van der Waals surface area contributed by atoms with Crippen LogP contribution in [0.15, 0.2) is 75.9 Å². The molecule has 0 fully saturated rings. The Morgan fingerprint density at radius 1 is 0.931 bits per heavy atom. The van der Waals surface area contributed by atoms with E-state index in [1.807, 2.05) is 62.4 Å². The van der Waals surface area contributed by atoms with Crippen LogP contribution in [-0.2, 0) is 13.1 Å². The first-order valence-electron chi connectivity index (χ1n) is 9.52. The van der Waals surface area contributed by atoms with Crippen LogP contribution in [0.1, 0.15) is 32.6 Å². The summed E-state index contributed by atoms with van der Waals surface area (Å²) in [5.74, 6) is -0.623. The van der Waals surface area contributed by atoms with Crippen molar-refractivity contribution in [3.05, 3.63) is 105 Å². The third kappa shape index (κ3) is 4.14. The number of carbonyl (C=O) groups is 1. The van der Waals surface area contributed by atoms with Gasteiger partial charge in [0.1, 0.15) is 0 Å². The molecule has 146 valence electrons. The highest BCUT2D eigenvalue weighted by Crippen LogP contribution is 2.17. The van der Waals surface area contributed by atoms with Gasteiger partial charge in [0.2, 0.25) is 0 Å². The lowest BCUT2D eigenvalue weighted by Crippen LogP contribution is -2.23. The fourth-order valence-corrected chi connectivity index (χ4v) is 3.34. The Morgan fingerprint density at radius 2 is 1.72 bits per heavy atom. The third-order valence-corrected chi connectivity index (χ3v) is 4.93. The van der Waals surface area contributed by atoms with Gasteiger partial charge in [0.25, 0.3) is 5.91 Å². The summed E-state index contributed by atoms with van der Waals surface area (Å²) in [6.07, 6.45) is 0. The van der Waals surface area contributed by atoms with Gasteiger partial charge in [-0.15, -0.1) is 0 Å². The fourth-order valence-electron chi connectivity index (χ4n) is 3.34. The van der Waals surface area contributed by atoms with Gasteiger partial charge in [-0.2, -0.15) is 0 Å². The number of aromatic nitrogens is 1. The summed E-state index contributed by atoms with van der Waals surface area (Å²) < 4.78 is 6.90. The van der Waals surface area contributed by atoms with Crippen LogP contribution in [0.4, 0.5) is 0 Å². The van der Waals surface area contributed by atoms with Gasteiger partial charge in [-0.05, 0) is 43.2 Å². The monoisotopic (exact) mass is 386 g/mol. The second-order valence-electron chi connectivity index (χ2n) is 7.29. The molecule has 0 bridgehead atoms. The Bertz CT molecular complexity index is 1230. The van der Waals surface area contributed by atoms with E-state index in [0.717, 1.165) is 22.3 Å². The van der Waals surface area contributed by atoms with Crippen LogP contribution in [0.5, 0.6) is 0 Å². The molecule has 0 radical (unpaired) electrons. The van der Waals surface area contributed by atoms with Crippen molar-refractivity contribution in [1.29, 1.82) is 0 Å². The maximum Gasteiger partial charge on any atom is 0.420 e. The average Bonchev–Trinajstić information content (AvgIpc) is 3.02. The predicted octanol–water partition coefficient (Wildman–Crippen LogP) is 4.19. The van der Waals surface area contributed by atoms with Gasteiger partial charge in [0.15, 0.2) is 5.58 Å². The minimum absolute atomic E-state index is 0.191. The van der Waals surface area contributed by atoms with Gasteiger partial charge >= 0.3 is 5.76 Å². The van der Waals surface area contributed by atoms with Crippen LogP contribution in [-0.4, -0.2) is 10.5 Å². The van der Waals surface area contributed by atoms with Crippen LogP contribution in [0, 0.1) is 13.8 Å². The number of benzene rings is 3. The molecule has 3 aromatic carbocycles. The first-order valence-corrected chi connectivity index (χ1v) is 9.52. The molecule has 0 saturated carbocycles. The van der Waals surface area contributed by atoms with Crippen molar-refractivity contribution in [2.75, 3.05) is 0 Å². The first-order chi connectivity index (χ1) is 14.0. The summed E-state index contributed by atoms with van der Waals surface area (Å²) in [5.41, 5.74) is 5.91. The highest BCUT2D eigenvalue weighted by molar-refractivity contribution is 5.97. The highest BCUT2D eigenvalue weighted by Gasteiger charge is 2.13. The van der Waals surface area contributed by atoms with Crippen LogP contribution >= 0.6 is 0 Å². The lowest BCUT2D eigenvalue weighted by molar-refractivity contribution is 0.0951. The number of nitrogens with zero attached hydrogens (tertiary/aromatic N) is 1. The van der Waals surface area contributed by atoms with Gasteiger partial charge in [-0.3, -0.25) is 9.36 Å². The Kier molecular flexibility index (Phi) is 5.04. The smallest absolute Gasteiger partial charge is 0.408 e. The Balaban J connectivity index is 1.58. The minimum atomic E-state index is -0.433. The molecule has 0 aliphatic carbocycles. The number of carbonyl (C=O) groups excluding carboxylic acids is 1. The van der Waals surface area contributed by atoms with E-state index in [2.05, 4.69) is 5.32 Å². The molecule has 1 aromatic heterocycles. The van der Waals surface area contributed by atoms with Gasteiger partial charge < -0.3 is 9.73 Å². The van der Waals surface area contributed by atoms with Crippen molar-refractivity contribution in [1.82, 2.24) is 9.88 Å². The van der Waals surface area contributed by atoms with E-state index in [4.69, 9.17) is 4.42 Å². The average molecular weight is 386 g/mol. The summed E-state index contributed by atoms with van der Waals surface area (Å²) in [7, 11) is 0. The van der Waals surface area contributed by atoms with Crippen molar-refractivity contribution < 1.29 is 9.21 Å². The topological polar surface area (TPSA) is 64.2 Å². The van der Waals surface area contributed by atoms with Crippen LogP contribution in [0.2, 0.25) is 0 Å². The quantitative estimate of drug-likeness (QED) is 0.559. The molecule has 5 heteroatoms. The van der Waals surface area contributed by atoms with Gasteiger partial charge in [0, 0.05) is 12.1 Å². The highest BCUT2D eigenvalue weighted by atomic mass is 16.4. The number of nitrogens with one attached hydrogen (secondary N) is 1. The van der Waals surface area contributed by atoms with Crippen molar-refractivity contribution in [3.63, 3.8) is 0 Å². The maximum absolute atomic E-state index is 12.6. The zero-order valence-electron chi connectivity index (χ0n) is 16.4. The molecule has 1 heterocycles. The van der Waals surface area contributed by atoms with Gasteiger partial charge in [-0.25, -0.2) is 4.79 Å². The molecule has 4 aromatic rings. The second kappa shape index (κ2) is 7.80. The second-order valence-corrected chi connectivity index (χ2v) is 7.29. The van der Waals surface area contributed by atoms with Crippen LogP contribution in [0.3, 0.4) is 0 Å². The summed E-state index contributed by atoms with van der Waals surface area (Å²) in [6.45, 7) is 4.87. The summed E-state index contributed by atoms with van der Waals surface area (Å²) >= 11 is 0. The fraction of sp³-hybridized carbons (Fsp3) is 0.167. The van der Waals surface area contributed by atoms with Gasteiger partial charge in [0.05, 0.1) is 12.1 Å². The third-order valence-electron chi connectivity index (χ3n) is 4.93. The summed E-state index contributed by atoms with van der Waals surface area (Å²) in [6, 6.07) is 21.0. The van der Waals surface area contributed by atoms with Crippen molar-refractivity contribution in [2.45, 2.75) is 26.9 Å². The predicted molar refractivity (Wildman–Crippen MR) is 113 cm³/mol. The molecule has 0 aliphatic heterocycles. The van der Waals surface area contributed by atoms with Gasteiger partial charge in [-0.1, -0.05) is 59.7 Å². The summed E-state index contributed by atoms with van der Waals surface area (Å²) in [5, 5.41) is 2.93. The van der Waals surface area contributed by atoms with Crippen molar-refractivity contribution in [3.8, 4) is 0 Å².